The zero-order chi connectivity index (χ0) is 21.6. The van der Waals surface area contributed by atoms with Gasteiger partial charge in [-0.1, -0.05) is 51.1 Å². The molecule has 7 heteroatoms. The van der Waals surface area contributed by atoms with Crippen molar-refractivity contribution in [3.05, 3.63) is 60.2 Å². The molecule has 3 atom stereocenters. The standard InChI is InChI=1S/C23H27NO5S/c1-22(2)15-23(3)19(29-21(25)20(22)23)13-24-30(26,27)18-11-9-17(10-12-18)28-14-16-7-5-4-6-8-16/h4-12,19-20,24H,13-15H2,1-3H3. The van der Waals surface area contributed by atoms with Crippen LogP contribution in [0.2, 0.25) is 0 Å². The predicted molar refractivity (Wildman–Crippen MR) is 112 cm³/mol. The summed E-state index contributed by atoms with van der Waals surface area (Å²) >= 11 is 0. The molecule has 1 N–H and O–H groups in total. The molecule has 1 saturated carbocycles. The normalized spacial score (nSPS) is 27.1. The summed E-state index contributed by atoms with van der Waals surface area (Å²) in [4.78, 5) is 12.4. The molecule has 30 heavy (non-hydrogen) atoms. The van der Waals surface area contributed by atoms with Crippen LogP contribution >= 0.6 is 0 Å². The summed E-state index contributed by atoms with van der Waals surface area (Å²) in [6.07, 6.45) is 0.377. The fraction of sp³-hybridized carbons (Fsp3) is 0.435. The molecule has 3 unspecified atom stereocenters. The van der Waals surface area contributed by atoms with Gasteiger partial charge in [0.2, 0.25) is 10.0 Å². The van der Waals surface area contributed by atoms with Crippen LogP contribution in [0.1, 0.15) is 32.8 Å². The lowest BCUT2D eigenvalue weighted by Gasteiger charge is -2.54. The van der Waals surface area contributed by atoms with Gasteiger partial charge in [-0.2, -0.15) is 0 Å². The molecule has 6 nitrogen and oxygen atoms in total. The van der Waals surface area contributed by atoms with Crippen LogP contribution in [0.15, 0.2) is 59.5 Å². The second-order valence-electron chi connectivity index (χ2n) is 9.13. The first-order valence-electron chi connectivity index (χ1n) is 10.1. The zero-order valence-electron chi connectivity index (χ0n) is 17.4. The van der Waals surface area contributed by atoms with Gasteiger partial charge >= 0.3 is 5.97 Å². The first-order chi connectivity index (χ1) is 14.1. The molecule has 0 spiro atoms. The van der Waals surface area contributed by atoms with Crippen molar-refractivity contribution in [2.75, 3.05) is 6.54 Å². The Morgan fingerprint density at radius 1 is 1.07 bits per heavy atom. The minimum absolute atomic E-state index is 0.0728. The van der Waals surface area contributed by atoms with Crippen molar-refractivity contribution >= 4 is 16.0 Å². The van der Waals surface area contributed by atoms with Gasteiger partial charge in [0.05, 0.1) is 10.8 Å². The number of ether oxygens (including phenoxy) is 2. The fourth-order valence-electron chi connectivity index (χ4n) is 5.18. The van der Waals surface area contributed by atoms with E-state index in [-0.39, 0.29) is 34.2 Å². The van der Waals surface area contributed by atoms with E-state index in [1.807, 2.05) is 37.3 Å². The summed E-state index contributed by atoms with van der Waals surface area (Å²) in [6.45, 7) is 6.59. The number of esters is 1. The maximum Gasteiger partial charge on any atom is 0.310 e. The highest BCUT2D eigenvalue weighted by atomic mass is 32.2. The highest BCUT2D eigenvalue weighted by Gasteiger charge is 2.68. The lowest BCUT2D eigenvalue weighted by atomic mass is 9.47. The van der Waals surface area contributed by atoms with Gasteiger partial charge in [-0.15, -0.1) is 0 Å². The van der Waals surface area contributed by atoms with E-state index >= 15 is 0 Å². The molecule has 0 amide bonds. The molecule has 1 aliphatic heterocycles. The van der Waals surface area contributed by atoms with Crippen molar-refractivity contribution in [2.24, 2.45) is 16.7 Å². The SMILES string of the molecule is CC1(C)CC2(C)C(CNS(=O)(=O)c3ccc(OCc4ccccc4)cc3)OC(=O)C12. The first kappa shape index (κ1) is 20.9. The lowest BCUT2D eigenvalue weighted by molar-refractivity contribution is -0.150. The summed E-state index contributed by atoms with van der Waals surface area (Å²) in [6, 6.07) is 16.1. The van der Waals surface area contributed by atoms with E-state index in [1.165, 1.54) is 12.1 Å². The highest BCUT2D eigenvalue weighted by molar-refractivity contribution is 7.89. The van der Waals surface area contributed by atoms with E-state index in [2.05, 4.69) is 18.6 Å². The van der Waals surface area contributed by atoms with Crippen molar-refractivity contribution in [1.82, 2.24) is 4.72 Å². The molecule has 4 rings (SSSR count). The maximum absolute atomic E-state index is 12.7. The van der Waals surface area contributed by atoms with E-state index in [0.717, 1.165) is 12.0 Å². The van der Waals surface area contributed by atoms with E-state index in [1.54, 1.807) is 12.1 Å². The second-order valence-corrected chi connectivity index (χ2v) is 10.9. The van der Waals surface area contributed by atoms with Crippen molar-refractivity contribution in [3.8, 4) is 5.75 Å². The summed E-state index contributed by atoms with van der Waals surface area (Å²) in [7, 11) is -3.72. The summed E-state index contributed by atoms with van der Waals surface area (Å²) in [5.41, 5.74) is 0.612. The van der Waals surface area contributed by atoms with Gasteiger partial charge in [-0.25, -0.2) is 13.1 Å². The molecular formula is C23H27NO5S. The minimum Gasteiger partial charge on any atom is -0.489 e. The third-order valence-electron chi connectivity index (χ3n) is 6.35. The van der Waals surface area contributed by atoms with Gasteiger partial charge in [0, 0.05) is 12.0 Å². The molecule has 2 aliphatic rings. The van der Waals surface area contributed by atoms with Gasteiger partial charge in [0.15, 0.2) is 0 Å². The molecule has 0 bridgehead atoms. The number of hydrogen-bond acceptors (Lipinski definition) is 5. The number of nitrogens with one attached hydrogen (secondary N) is 1. The van der Waals surface area contributed by atoms with Crippen molar-refractivity contribution in [2.45, 2.75) is 44.8 Å². The van der Waals surface area contributed by atoms with Gasteiger partial charge in [0.1, 0.15) is 18.5 Å². The van der Waals surface area contributed by atoms with E-state index in [9.17, 15) is 13.2 Å². The Kier molecular flexibility index (Phi) is 5.14. The number of carbonyl (C=O) groups excluding carboxylic acids is 1. The number of cyclic esters (lactones) is 1. The smallest absolute Gasteiger partial charge is 0.310 e. The van der Waals surface area contributed by atoms with Gasteiger partial charge in [-0.3, -0.25) is 4.79 Å². The predicted octanol–water partition coefficient (Wildman–Crippen LogP) is 3.52. The van der Waals surface area contributed by atoms with Gasteiger partial charge in [-0.05, 0) is 41.7 Å². The molecule has 0 aromatic heterocycles. The molecule has 2 aromatic rings. The number of hydrogen-bond donors (Lipinski definition) is 1. The number of benzene rings is 2. The monoisotopic (exact) mass is 429 g/mol. The zero-order valence-corrected chi connectivity index (χ0v) is 18.2. The average molecular weight is 430 g/mol. The Morgan fingerprint density at radius 3 is 2.33 bits per heavy atom. The van der Waals surface area contributed by atoms with Crippen LogP contribution in [0.3, 0.4) is 0 Å². The fourth-order valence-corrected chi connectivity index (χ4v) is 6.21. The van der Waals surface area contributed by atoms with Crippen LogP contribution < -0.4 is 9.46 Å². The summed E-state index contributed by atoms with van der Waals surface area (Å²) < 4.78 is 39.3. The molecule has 1 heterocycles. The molecule has 1 saturated heterocycles. The molecule has 1 aliphatic carbocycles. The lowest BCUT2D eigenvalue weighted by Crippen LogP contribution is -2.56. The summed E-state index contributed by atoms with van der Waals surface area (Å²) in [5.74, 6) is 0.188. The largest absolute Gasteiger partial charge is 0.489 e. The second kappa shape index (κ2) is 7.39. The Labute approximate surface area is 177 Å². The first-order valence-corrected chi connectivity index (χ1v) is 11.6. The average Bonchev–Trinajstić information content (AvgIpc) is 2.91. The molecule has 0 radical (unpaired) electrons. The van der Waals surface area contributed by atoms with Crippen molar-refractivity contribution < 1.29 is 22.7 Å². The van der Waals surface area contributed by atoms with Crippen LogP contribution in [-0.4, -0.2) is 27.0 Å². The topological polar surface area (TPSA) is 81.7 Å². The van der Waals surface area contributed by atoms with Crippen LogP contribution in [0.25, 0.3) is 0 Å². The van der Waals surface area contributed by atoms with Crippen LogP contribution in [0, 0.1) is 16.7 Å². The van der Waals surface area contributed by atoms with Crippen molar-refractivity contribution in [1.29, 1.82) is 0 Å². The Hall–Kier alpha value is -2.38. The Morgan fingerprint density at radius 2 is 1.73 bits per heavy atom. The molecule has 160 valence electrons. The van der Waals surface area contributed by atoms with E-state index < -0.39 is 16.1 Å². The van der Waals surface area contributed by atoms with E-state index in [4.69, 9.17) is 9.47 Å². The van der Waals surface area contributed by atoms with Crippen LogP contribution in [0.4, 0.5) is 0 Å². The number of carbonyl (C=O) groups is 1. The Balaban J connectivity index is 1.37. The number of sulfonamides is 1. The quantitative estimate of drug-likeness (QED) is 0.681. The van der Waals surface area contributed by atoms with Crippen LogP contribution in [-0.2, 0) is 26.2 Å². The number of rotatable bonds is 7. The number of fused-ring (bicyclic) bond motifs is 1. The highest BCUT2D eigenvalue weighted by Crippen LogP contribution is 2.64. The minimum atomic E-state index is -3.72. The maximum atomic E-state index is 12.7. The molecule has 2 aromatic carbocycles. The van der Waals surface area contributed by atoms with E-state index in [0.29, 0.717) is 12.4 Å². The molecular weight excluding hydrogens is 402 g/mol. The third kappa shape index (κ3) is 3.72. The Bertz CT molecular complexity index is 1030. The van der Waals surface area contributed by atoms with Gasteiger partial charge in [0.25, 0.3) is 0 Å². The van der Waals surface area contributed by atoms with Crippen LogP contribution in [0.5, 0.6) is 5.75 Å². The van der Waals surface area contributed by atoms with Crippen molar-refractivity contribution in [3.63, 3.8) is 0 Å². The van der Waals surface area contributed by atoms with Gasteiger partial charge < -0.3 is 9.47 Å². The molecule has 2 fully saturated rings. The third-order valence-corrected chi connectivity index (χ3v) is 7.79. The summed E-state index contributed by atoms with van der Waals surface area (Å²) in [5, 5.41) is 0.